The molecule has 0 heterocycles. The Morgan fingerprint density at radius 2 is 2.10 bits per heavy atom. The van der Waals surface area contributed by atoms with Crippen molar-refractivity contribution in [2.24, 2.45) is 0 Å². The van der Waals surface area contributed by atoms with Crippen molar-refractivity contribution in [2.45, 2.75) is 27.2 Å². The fourth-order valence-electron chi connectivity index (χ4n) is 0.403. The molecule has 0 N–H and O–H groups in total. The molecule has 10 heavy (non-hydrogen) atoms. The SMILES string of the molecule is CCC(=S)SCC=C(C)C. The summed E-state index contributed by atoms with van der Waals surface area (Å²) in [6.45, 7) is 6.31. The Labute approximate surface area is 73.1 Å². The quantitative estimate of drug-likeness (QED) is 0.475. The first-order valence-electron chi connectivity index (χ1n) is 3.45. The monoisotopic (exact) mass is 174 g/mol. The summed E-state index contributed by atoms with van der Waals surface area (Å²) in [5, 5.41) is 0. The number of hydrogen-bond acceptors (Lipinski definition) is 2. The molecule has 0 amide bonds. The van der Waals surface area contributed by atoms with Gasteiger partial charge in [-0.15, -0.1) is 11.8 Å². The summed E-state index contributed by atoms with van der Waals surface area (Å²) in [5.41, 5.74) is 1.37. The number of thioether (sulfide) groups is 1. The van der Waals surface area contributed by atoms with Crippen molar-refractivity contribution < 1.29 is 0 Å². The summed E-state index contributed by atoms with van der Waals surface area (Å²) in [5.74, 6) is 1.04. The molecule has 0 radical (unpaired) electrons. The molecular formula is C8H14S2. The summed E-state index contributed by atoms with van der Waals surface area (Å²) >= 11 is 6.80. The van der Waals surface area contributed by atoms with Crippen LogP contribution in [0, 0.1) is 0 Å². The van der Waals surface area contributed by atoms with E-state index in [0.717, 1.165) is 16.4 Å². The molecule has 0 aliphatic carbocycles. The topological polar surface area (TPSA) is 0 Å². The van der Waals surface area contributed by atoms with Crippen molar-refractivity contribution in [1.82, 2.24) is 0 Å². The highest BCUT2D eigenvalue weighted by atomic mass is 32.2. The molecule has 0 nitrogen and oxygen atoms in total. The molecule has 0 rings (SSSR count). The van der Waals surface area contributed by atoms with Crippen LogP contribution in [0.2, 0.25) is 0 Å². The average Bonchev–Trinajstić information content (AvgIpc) is 1.87. The van der Waals surface area contributed by atoms with Crippen LogP contribution in [0.4, 0.5) is 0 Å². The van der Waals surface area contributed by atoms with Crippen molar-refractivity contribution >= 4 is 28.2 Å². The maximum absolute atomic E-state index is 5.04. The molecule has 2 heteroatoms. The van der Waals surface area contributed by atoms with Crippen LogP contribution in [0.3, 0.4) is 0 Å². The minimum absolute atomic E-state index is 1.01. The van der Waals surface area contributed by atoms with Gasteiger partial charge >= 0.3 is 0 Å². The number of rotatable bonds is 3. The fourth-order valence-corrected chi connectivity index (χ4v) is 1.41. The van der Waals surface area contributed by atoms with E-state index in [1.807, 2.05) is 0 Å². The maximum Gasteiger partial charge on any atom is 0.0478 e. The van der Waals surface area contributed by atoms with E-state index in [0.29, 0.717) is 0 Å². The van der Waals surface area contributed by atoms with E-state index >= 15 is 0 Å². The fraction of sp³-hybridized carbons (Fsp3) is 0.625. The molecule has 0 aliphatic rings. The number of allylic oxidation sites excluding steroid dienone is 1. The van der Waals surface area contributed by atoms with Crippen LogP contribution in [-0.2, 0) is 0 Å². The van der Waals surface area contributed by atoms with Crippen LogP contribution in [0.5, 0.6) is 0 Å². The van der Waals surface area contributed by atoms with E-state index in [2.05, 4.69) is 26.8 Å². The minimum atomic E-state index is 1.01. The molecule has 0 aromatic heterocycles. The second-order valence-electron chi connectivity index (χ2n) is 2.32. The van der Waals surface area contributed by atoms with Gasteiger partial charge in [0.15, 0.2) is 0 Å². The van der Waals surface area contributed by atoms with Crippen LogP contribution in [0.25, 0.3) is 0 Å². The Morgan fingerprint density at radius 1 is 1.50 bits per heavy atom. The lowest BCUT2D eigenvalue weighted by Gasteiger charge is -1.95. The summed E-state index contributed by atoms with van der Waals surface area (Å²) in [6, 6.07) is 0. The van der Waals surface area contributed by atoms with Crippen LogP contribution < -0.4 is 0 Å². The molecule has 0 fully saturated rings. The Bertz CT molecular complexity index is 132. The van der Waals surface area contributed by atoms with Gasteiger partial charge in [-0.25, -0.2) is 0 Å². The zero-order valence-corrected chi connectivity index (χ0v) is 8.44. The highest BCUT2D eigenvalue weighted by Gasteiger charge is 1.89. The van der Waals surface area contributed by atoms with Crippen LogP contribution in [-0.4, -0.2) is 9.95 Å². The number of thiocarbonyl (C=S) groups is 1. The molecule has 0 unspecified atom stereocenters. The first-order chi connectivity index (χ1) is 4.66. The van der Waals surface area contributed by atoms with E-state index in [1.54, 1.807) is 11.8 Å². The minimum Gasteiger partial charge on any atom is -0.115 e. The van der Waals surface area contributed by atoms with Gasteiger partial charge in [-0.3, -0.25) is 0 Å². The van der Waals surface area contributed by atoms with E-state index in [9.17, 15) is 0 Å². The van der Waals surface area contributed by atoms with Gasteiger partial charge in [0.1, 0.15) is 0 Å². The zero-order valence-electron chi connectivity index (χ0n) is 6.81. The van der Waals surface area contributed by atoms with Gasteiger partial charge in [0.2, 0.25) is 0 Å². The lowest BCUT2D eigenvalue weighted by Crippen LogP contribution is -1.84. The van der Waals surface area contributed by atoms with Gasteiger partial charge in [-0.2, -0.15) is 0 Å². The largest absolute Gasteiger partial charge is 0.115 e. The second-order valence-corrected chi connectivity index (χ2v) is 4.18. The summed E-state index contributed by atoms with van der Waals surface area (Å²) in [7, 11) is 0. The molecular weight excluding hydrogens is 160 g/mol. The van der Waals surface area contributed by atoms with Gasteiger partial charge in [0.25, 0.3) is 0 Å². The third-order valence-corrected chi connectivity index (χ3v) is 2.61. The summed E-state index contributed by atoms with van der Waals surface area (Å²) in [6.07, 6.45) is 3.21. The highest BCUT2D eigenvalue weighted by Crippen LogP contribution is 2.08. The van der Waals surface area contributed by atoms with E-state index in [4.69, 9.17) is 12.2 Å². The Morgan fingerprint density at radius 3 is 2.50 bits per heavy atom. The normalized spacial score (nSPS) is 9.10. The second kappa shape index (κ2) is 5.93. The summed E-state index contributed by atoms with van der Waals surface area (Å²) < 4.78 is 1.11. The average molecular weight is 174 g/mol. The van der Waals surface area contributed by atoms with Crippen molar-refractivity contribution in [3.63, 3.8) is 0 Å². The smallest absolute Gasteiger partial charge is 0.0478 e. The van der Waals surface area contributed by atoms with Crippen LogP contribution in [0.15, 0.2) is 11.6 Å². The lowest BCUT2D eigenvalue weighted by atomic mass is 10.3. The maximum atomic E-state index is 5.04. The van der Waals surface area contributed by atoms with Gasteiger partial charge in [-0.1, -0.05) is 30.8 Å². The molecule has 0 atom stereocenters. The van der Waals surface area contributed by atoms with Crippen molar-refractivity contribution in [3.8, 4) is 0 Å². The molecule has 0 aromatic carbocycles. The lowest BCUT2D eigenvalue weighted by molar-refractivity contribution is 1.34. The standard InChI is InChI=1S/C8H14S2/c1-4-8(9)10-6-5-7(2)3/h5H,4,6H2,1-3H3. The van der Waals surface area contributed by atoms with E-state index in [-0.39, 0.29) is 0 Å². The molecule has 58 valence electrons. The van der Waals surface area contributed by atoms with Gasteiger partial charge in [-0.05, 0) is 20.3 Å². The third kappa shape index (κ3) is 6.30. The van der Waals surface area contributed by atoms with E-state index < -0.39 is 0 Å². The first kappa shape index (κ1) is 10.2. The third-order valence-electron chi connectivity index (χ3n) is 1.02. The van der Waals surface area contributed by atoms with Crippen LogP contribution in [0.1, 0.15) is 27.2 Å². The zero-order chi connectivity index (χ0) is 7.98. The molecule has 0 aromatic rings. The van der Waals surface area contributed by atoms with Gasteiger partial charge < -0.3 is 0 Å². The van der Waals surface area contributed by atoms with Crippen LogP contribution >= 0.6 is 24.0 Å². The molecule has 0 saturated heterocycles. The Balaban J connectivity index is 3.37. The predicted octanol–water partition coefficient (Wildman–Crippen LogP) is 3.42. The van der Waals surface area contributed by atoms with Gasteiger partial charge in [0, 0.05) is 9.95 Å². The molecule has 0 spiro atoms. The predicted molar refractivity (Wildman–Crippen MR) is 54.8 cm³/mol. The van der Waals surface area contributed by atoms with E-state index in [1.165, 1.54) is 5.57 Å². The van der Waals surface area contributed by atoms with Crippen molar-refractivity contribution in [2.75, 3.05) is 5.75 Å². The summed E-state index contributed by atoms with van der Waals surface area (Å²) in [4.78, 5) is 0. The first-order valence-corrected chi connectivity index (χ1v) is 4.85. The number of hydrogen-bond donors (Lipinski definition) is 0. The van der Waals surface area contributed by atoms with Crippen molar-refractivity contribution in [3.05, 3.63) is 11.6 Å². The van der Waals surface area contributed by atoms with Crippen molar-refractivity contribution in [1.29, 1.82) is 0 Å². The Hall–Kier alpha value is 0.180. The highest BCUT2D eigenvalue weighted by molar-refractivity contribution is 8.23. The molecule has 0 aliphatic heterocycles. The molecule has 0 saturated carbocycles. The van der Waals surface area contributed by atoms with Gasteiger partial charge in [0.05, 0.1) is 0 Å². The Kier molecular flexibility index (Phi) is 6.03. The molecule has 0 bridgehead atoms.